The van der Waals surface area contributed by atoms with Gasteiger partial charge in [0, 0.05) is 43.0 Å². The number of rotatable bonds is 9. The third-order valence-corrected chi connectivity index (χ3v) is 6.25. The molecule has 0 unspecified atom stereocenters. The molecular weight excluding hydrogens is 450 g/mol. The van der Waals surface area contributed by atoms with E-state index < -0.39 is 0 Å². The Morgan fingerprint density at radius 1 is 1.11 bits per heavy atom. The number of piperidine rings is 1. The molecule has 4 rings (SSSR count). The van der Waals surface area contributed by atoms with Gasteiger partial charge in [-0.25, -0.2) is 4.98 Å². The Labute approximate surface area is 204 Å². The molecule has 2 heterocycles. The highest BCUT2D eigenvalue weighted by molar-refractivity contribution is 5.98. The quantitative estimate of drug-likeness (QED) is 0.424. The Balaban J connectivity index is 1.70. The molecule has 10 nitrogen and oxygen atoms in total. The first kappa shape index (κ1) is 24.6. The second-order valence-electron chi connectivity index (χ2n) is 8.50. The topological polar surface area (TPSA) is 124 Å². The molecule has 0 radical (unpaired) electrons. The van der Waals surface area contributed by atoms with E-state index in [0.29, 0.717) is 73.5 Å². The van der Waals surface area contributed by atoms with Crippen LogP contribution >= 0.6 is 0 Å². The number of benzene rings is 2. The maximum Gasteiger partial charge on any atom is 0.253 e. The first-order chi connectivity index (χ1) is 17.0. The molecule has 1 saturated heterocycles. The highest BCUT2D eigenvalue weighted by Gasteiger charge is 2.23. The van der Waals surface area contributed by atoms with E-state index in [1.807, 2.05) is 28.8 Å². The van der Waals surface area contributed by atoms with Crippen LogP contribution in [0.1, 0.15) is 29.6 Å². The maximum absolute atomic E-state index is 13.1. The van der Waals surface area contributed by atoms with Crippen molar-refractivity contribution in [2.24, 2.45) is 5.73 Å². The average molecular weight is 484 g/mol. The molecule has 1 fully saturated rings. The van der Waals surface area contributed by atoms with Crippen LogP contribution in [0.15, 0.2) is 30.3 Å². The minimum absolute atomic E-state index is 0.0375. The van der Waals surface area contributed by atoms with Gasteiger partial charge in [0.2, 0.25) is 11.7 Å². The minimum atomic E-state index is -0.330. The lowest BCUT2D eigenvalue weighted by molar-refractivity contribution is 0.0546. The number of aromatic nitrogens is 2. The second-order valence-corrected chi connectivity index (χ2v) is 8.50. The fourth-order valence-corrected chi connectivity index (χ4v) is 4.36. The van der Waals surface area contributed by atoms with E-state index in [0.717, 1.165) is 17.5 Å². The van der Waals surface area contributed by atoms with E-state index in [-0.39, 0.29) is 12.0 Å². The number of nitrogens with one attached hydrogen (secondary N) is 1. The van der Waals surface area contributed by atoms with Crippen molar-refractivity contribution in [1.29, 1.82) is 0 Å². The molecule has 1 amide bonds. The summed E-state index contributed by atoms with van der Waals surface area (Å²) >= 11 is 0. The van der Waals surface area contributed by atoms with Crippen molar-refractivity contribution in [3.63, 3.8) is 0 Å². The first-order valence-corrected chi connectivity index (χ1v) is 11.7. The number of carbonyl (C=O) groups excluding carboxylic acids is 1. The van der Waals surface area contributed by atoms with Crippen LogP contribution in [0.25, 0.3) is 11.0 Å². The van der Waals surface area contributed by atoms with Crippen LogP contribution in [0.2, 0.25) is 0 Å². The van der Waals surface area contributed by atoms with Crippen molar-refractivity contribution in [2.75, 3.05) is 46.3 Å². The molecule has 10 heteroatoms. The van der Waals surface area contributed by atoms with Gasteiger partial charge in [0.15, 0.2) is 11.5 Å². The number of nitrogens with zero attached hydrogens (tertiary/aromatic N) is 3. The van der Waals surface area contributed by atoms with Crippen molar-refractivity contribution >= 4 is 28.6 Å². The molecule has 188 valence electrons. The lowest BCUT2D eigenvalue weighted by Gasteiger charge is -2.29. The van der Waals surface area contributed by atoms with Gasteiger partial charge in [-0.15, -0.1) is 0 Å². The lowest BCUT2D eigenvalue weighted by Crippen LogP contribution is -2.40. The summed E-state index contributed by atoms with van der Waals surface area (Å²) in [4.78, 5) is 19.7. The van der Waals surface area contributed by atoms with Gasteiger partial charge in [0.25, 0.3) is 5.91 Å². The standard InChI is InChI=1S/C25H33N5O5/c1-33-21-14-17(15-22(34-2)23(21)35-3)27-25-28-19-6-5-16(13-20(19)30(25)10-4-9-26)24(32)29-11-7-18(31)8-12-29/h5-6,13-15,18,31H,4,7-12,26H2,1-3H3,(H,27,28). The molecule has 4 N–H and O–H groups in total. The number of likely N-dealkylation sites (tertiary alicyclic amines) is 1. The Hall–Kier alpha value is -3.50. The van der Waals surface area contributed by atoms with Gasteiger partial charge in [0.1, 0.15) is 0 Å². The van der Waals surface area contributed by atoms with Crippen LogP contribution in [-0.4, -0.2) is 72.5 Å². The summed E-state index contributed by atoms with van der Waals surface area (Å²) in [6.07, 6.45) is 1.62. The van der Waals surface area contributed by atoms with Crippen LogP contribution in [0, 0.1) is 0 Å². The molecule has 0 bridgehead atoms. The zero-order valence-corrected chi connectivity index (χ0v) is 20.4. The number of aliphatic hydroxyl groups is 1. The number of methoxy groups -OCH3 is 3. The van der Waals surface area contributed by atoms with Crippen molar-refractivity contribution < 1.29 is 24.1 Å². The number of aliphatic hydroxyl groups excluding tert-OH is 1. The smallest absolute Gasteiger partial charge is 0.253 e. The fraction of sp³-hybridized carbons (Fsp3) is 0.440. The van der Waals surface area contributed by atoms with Crippen LogP contribution < -0.4 is 25.3 Å². The number of ether oxygens (including phenoxy) is 3. The number of nitrogens with two attached hydrogens (primary N) is 1. The van der Waals surface area contributed by atoms with E-state index >= 15 is 0 Å². The zero-order chi connectivity index (χ0) is 24.9. The molecule has 1 aromatic heterocycles. The molecule has 3 aromatic rings. The summed E-state index contributed by atoms with van der Waals surface area (Å²) in [7, 11) is 4.70. The normalized spacial score (nSPS) is 14.3. The minimum Gasteiger partial charge on any atom is -0.493 e. The third-order valence-electron chi connectivity index (χ3n) is 6.25. The summed E-state index contributed by atoms with van der Waals surface area (Å²) in [5.74, 6) is 2.14. The Kier molecular flexibility index (Phi) is 7.62. The van der Waals surface area contributed by atoms with Gasteiger partial charge in [0.05, 0.1) is 38.5 Å². The first-order valence-electron chi connectivity index (χ1n) is 11.7. The van der Waals surface area contributed by atoms with E-state index in [4.69, 9.17) is 24.9 Å². The number of hydrogen-bond donors (Lipinski definition) is 3. The summed E-state index contributed by atoms with van der Waals surface area (Å²) < 4.78 is 18.4. The number of imidazole rings is 1. The van der Waals surface area contributed by atoms with Crippen molar-refractivity contribution in [3.05, 3.63) is 35.9 Å². The van der Waals surface area contributed by atoms with Gasteiger partial charge >= 0.3 is 0 Å². The summed E-state index contributed by atoms with van der Waals surface area (Å²) in [5, 5.41) is 13.1. The fourth-order valence-electron chi connectivity index (χ4n) is 4.36. The maximum atomic E-state index is 13.1. The molecule has 1 aliphatic heterocycles. The van der Waals surface area contributed by atoms with Gasteiger partial charge in [-0.3, -0.25) is 4.79 Å². The van der Waals surface area contributed by atoms with Crippen LogP contribution in [0.5, 0.6) is 17.2 Å². The van der Waals surface area contributed by atoms with Crippen LogP contribution in [-0.2, 0) is 6.54 Å². The number of aryl methyl sites for hydroxylation is 1. The Bertz CT molecular complexity index is 1160. The summed E-state index contributed by atoms with van der Waals surface area (Å²) in [6.45, 7) is 2.27. The third kappa shape index (κ3) is 5.13. The molecular formula is C25H33N5O5. The van der Waals surface area contributed by atoms with Crippen LogP contribution in [0.4, 0.5) is 11.6 Å². The number of fused-ring (bicyclic) bond motifs is 1. The van der Waals surface area contributed by atoms with Gasteiger partial charge in [-0.2, -0.15) is 0 Å². The van der Waals surface area contributed by atoms with E-state index in [1.165, 1.54) is 0 Å². The van der Waals surface area contributed by atoms with Crippen LogP contribution in [0.3, 0.4) is 0 Å². The van der Waals surface area contributed by atoms with Crippen molar-refractivity contribution in [2.45, 2.75) is 31.9 Å². The van der Waals surface area contributed by atoms with Gasteiger partial charge < -0.3 is 39.8 Å². The SMILES string of the molecule is COc1cc(Nc2nc3ccc(C(=O)N4CCC(O)CC4)cc3n2CCCN)cc(OC)c1OC. The van der Waals surface area contributed by atoms with E-state index in [2.05, 4.69) is 5.32 Å². The van der Waals surface area contributed by atoms with E-state index in [1.54, 1.807) is 32.3 Å². The number of carbonyl (C=O) groups is 1. The zero-order valence-electron chi connectivity index (χ0n) is 20.4. The van der Waals surface area contributed by atoms with Gasteiger partial charge in [-0.05, 0) is 44.0 Å². The van der Waals surface area contributed by atoms with Crippen molar-refractivity contribution in [3.8, 4) is 17.2 Å². The molecule has 1 aliphatic rings. The highest BCUT2D eigenvalue weighted by atomic mass is 16.5. The average Bonchev–Trinajstić information content (AvgIpc) is 3.22. The van der Waals surface area contributed by atoms with Gasteiger partial charge in [-0.1, -0.05) is 0 Å². The molecule has 0 aliphatic carbocycles. The highest BCUT2D eigenvalue weighted by Crippen LogP contribution is 2.40. The predicted molar refractivity (Wildman–Crippen MR) is 134 cm³/mol. The summed E-state index contributed by atoms with van der Waals surface area (Å²) in [6, 6.07) is 9.17. The molecule has 0 saturated carbocycles. The lowest BCUT2D eigenvalue weighted by atomic mass is 10.1. The van der Waals surface area contributed by atoms with E-state index in [9.17, 15) is 9.90 Å². The number of hydrogen-bond acceptors (Lipinski definition) is 8. The largest absolute Gasteiger partial charge is 0.493 e. The monoisotopic (exact) mass is 483 g/mol. The molecule has 0 atom stereocenters. The second kappa shape index (κ2) is 10.8. The predicted octanol–water partition coefficient (Wildman–Crippen LogP) is 2.75. The Morgan fingerprint density at radius 2 is 1.80 bits per heavy atom. The molecule has 0 spiro atoms. The number of anilines is 2. The van der Waals surface area contributed by atoms with Crippen molar-refractivity contribution in [1.82, 2.24) is 14.5 Å². The summed E-state index contributed by atoms with van der Waals surface area (Å²) in [5.41, 5.74) is 8.73. The molecule has 35 heavy (non-hydrogen) atoms. The molecule has 2 aromatic carbocycles. The number of amides is 1. The Morgan fingerprint density at radius 3 is 2.40 bits per heavy atom.